The fraction of sp³-hybridized carbons (Fsp3) is 0.368. The average Bonchev–Trinajstić information content (AvgIpc) is 3.33. The molecule has 3 aromatic rings. The van der Waals surface area contributed by atoms with Gasteiger partial charge in [-0.3, -0.25) is 25.0 Å². The summed E-state index contributed by atoms with van der Waals surface area (Å²) < 4.78 is 2.69. The van der Waals surface area contributed by atoms with Gasteiger partial charge >= 0.3 is 6.09 Å². The summed E-state index contributed by atoms with van der Waals surface area (Å²) in [6.07, 6.45) is 5.93. The molecule has 3 heterocycles. The molecule has 3 amide bonds. The molecule has 0 spiro atoms. The minimum atomic E-state index is -1.30. The molecule has 0 aromatic carbocycles. The van der Waals surface area contributed by atoms with Crippen LogP contribution in [0.4, 0.5) is 10.6 Å². The Morgan fingerprint density at radius 2 is 1.94 bits per heavy atom. The van der Waals surface area contributed by atoms with Crippen molar-refractivity contribution in [1.82, 2.24) is 29.5 Å². The first-order valence-corrected chi connectivity index (χ1v) is 10.6. The molecule has 1 saturated carbocycles. The monoisotopic (exact) mass is 475 g/mol. The van der Waals surface area contributed by atoms with Crippen LogP contribution in [0.5, 0.6) is 0 Å². The molecule has 0 bridgehead atoms. The molecular formula is C19H22ClN9O4. The van der Waals surface area contributed by atoms with Crippen LogP contribution in [0.15, 0.2) is 24.9 Å². The number of nitrogens with zero attached hydrogens (tertiary/aromatic N) is 5. The fourth-order valence-electron chi connectivity index (χ4n) is 3.75. The minimum Gasteiger partial charge on any atom is -0.465 e. The molecule has 1 aliphatic rings. The largest absolute Gasteiger partial charge is 0.465 e. The van der Waals surface area contributed by atoms with Crippen LogP contribution in [0.3, 0.4) is 0 Å². The van der Waals surface area contributed by atoms with Gasteiger partial charge < -0.3 is 20.7 Å². The molecule has 174 valence electrons. The number of anilines is 1. The highest BCUT2D eigenvalue weighted by Crippen LogP contribution is 2.21. The maximum absolute atomic E-state index is 12.8. The van der Waals surface area contributed by atoms with Gasteiger partial charge in [-0.05, 0) is 31.7 Å². The van der Waals surface area contributed by atoms with E-state index in [-0.39, 0.29) is 46.3 Å². The highest BCUT2D eigenvalue weighted by Gasteiger charge is 2.24. The van der Waals surface area contributed by atoms with E-state index in [0.717, 1.165) is 32.0 Å². The Labute approximate surface area is 192 Å². The number of carbonyl (C=O) groups excluding carboxylic acids is 2. The number of halogens is 1. The Morgan fingerprint density at radius 1 is 1.18 bits per heavy atom. The zero-order valence-electron chi connectivity index (χ0n) is 17.4. The average molecular weight is 476 g/mol. The number of carbonyl (C=O) groups is 3. The predicted octanol–water partition coefficient (Wildman–Crippen LogP) is 1.14. The van der Waals surface area contributed by atoms with Crippen LogP contribution in [0.2, 0.25) is 5.02 Å². The lowest BCUT2D eigenvalue weighted by Crippen LogP contribution is -2.42. The molecule has 0 unspecified atom stereocenters. The van der Waals surface area contributed by atoms with Crippen LogP contribution < -0.4 is 21.8 Å². The number of rotatable bonds is 6. The smallest absolute Gasteiger partial charge is 0.410 e. The molecular weight excluding hydrogens is 454 g/mol. The molecule has 33 heavy (non-hydrogen) atoms. The zero-order valence-corrected chi connectivity index (χ0v) is 18.1. The topological polar surface area (TPSA) is 182 Å². The van der Waals surface area contributed by atoms with Gasteiger partial charge in [-0.25, -0.2) is 19.7 Å². The maximum atomic E-state index is 12.8. The van der Waals surface area contributed by atoms with E-state index in [9.17, 15) is 14.4 Å². The molecule has 6 N–H and O–H groups in total. The molecule has 0 aliphatic heterocycles. The van der Waals surface area contributed by atoms with Gasteiger partial charge in [-0.2, -0.15) is 0 Å². The van der Waals surface area contributed by atoms with E-state index < -0.39 is 17.9 Å². The number of hydrogen-bond donors (Lipinski definition) is 5. The number of nitrogens with two attached hydrogens (primary N) is 1. The Hall–Kier alpha value is -3.71. The van der Waals surface area contributed by atoms with Crippen LogP contribution in [-0.4, -0.2) is 59.3 Å². The second kappa shape index (κ2) is 9.42. The molecule has 0 saturated heterocycles. The number of hydrogen-bond acceptors (Lipinski definition) is 7. The van der Waals surface area contributed by atoms with Gasteiger partial charge in [0, 0.05) is 18.3 Å². The van der Waals surface area contributed by atoms with Crippen molar-refractivity contribution in [3.05, 3.63) is 35.6 Å². The maximum Gasteiger partial charge on any atom is 0.410 e. The van der Waals surface area contributed by atoms with E-state index in [1.54, 1.807) is 0 Å². The molecule has 14 heteroatoms. The number of aromatic nitrogens is 5. The first kappa shape index (κ1) is 22.5. The van der Waals surface area contributed by atoms with Crippen molar-refractivity contribution in [2.24, 2.45) is 5.73 Å². The number of nitrogens with one attached hydrogen (secondary N) is 3. The fourth-order valence-corrected chi connectivity index (χ4v) is 3.98. The van der Waals surface area contributed by atoms with Crippen LogP contribution in [-0.2, 0) is 11.3 Å². The van der Waals surface area contributed by atoms with Crippen molar-refractivity contribution >= 4 is 46.5 Å². The normalized spacial score (nSPS) is 18.1. The molecule has 1 aliphatic carbocycles. The zero-order chi connectivity index (χ0) is 23.5. The van der Waals surface area contributed by atoms with Gasteiger partial charge in [-0.1, -0.05) is 11.6 Å². The Morgan fingerprint density at radius 3 is 2.67 bits per heavy atom. The van der Waals surface area contributed by atoms with E-state index in [0.29, 0.717) is 0 Å². The summed E-state index contributed by atoms with van der Waals surface area (Å²) in [5.74, 6) is -0.868. The summed E-state index contributed by atoms with van der Waals surface area (Å²) in [4.78, 5) is 48.4. The first-order valence-electron chi connectivity index (χ1n) is 10.2. The Kier molecular flexibility index (Phi) is 6.42. The lowest BCUT2D eigenvalue weighted by Gasteiger charge is -2.27. The van der Waals surface area contributed by atoms with Crippen LogP contribution in [0.1, 0.15) is 36.2 Å². The number of carboxylic acid groups (broad SMARTS) is 1. The minimum absolute atomic E-state index is 0.00183. The standard InChI is InChI=1S/C19H22ClN9O4/c20-12-5-6-29(15(12)18(31)25-11-3-1-10(21)2-4-11)27-13(30)7-28-9-24-14-16(26-19(32)33)22-8-23-17(14)28/h5-6,8-11H,1-4,7,21H2,(H,25,31)(H,27,30)(H,32,33)(H,22,23,26). The van der Waals surface area contributed by atoms with Crippen molar-refractivity contribution in [3.8, 4) is 0 Å². The van der Waals surface area contributed by atoms with Gasteiger partial charge in [0.2, 0.25) is 0 Å². The highest BCUT2D eigenvalue weighted by molar-refractivity contribution is 6.33. The number of amides is 3. The molecule has 0 atom stereocenters. The van der Waals surface area contributed by atoms with E-state index in [1.165, 1.54) is 27.8 Å². The van der Waals surface area contributed by atoms with Gasteiger partial charge in [0.25, 0.3) is 11.8 Å². The Balaban J connectivity index is 1.45. The third kappa shape index (κ3) is 5.04. The van der Waals surface area contributed by atoms with Crippen molar-refractivity contribution in [2.45, 2.75) is 44.3 Å². The lowest BCUT2D eigenvalue weighted by molar-refractivity contribution is -0.117. The van der Waals surface area contributed by atoms with Gasteiger partial charge in [0.05, 0.1) is 11.3 Å². The van der Waals surface area contributed by atoms with Gasteiger partial charge in [0.15, 0.2) is 17.0 Å². The second-order valence-corrected chi connectivity index (χ2v) is 8.11. The van der Waals surface area contributed by atoms with Crippen LogP contribution in [0.25, 0.3) is 11.2 Å². The van der Waals surface area contributed by atoms with Gasteiger partial charge in [-0.15, -0.1) is 0 Å². The predicted molar refractivity (Wildman–Crippen MR) is 118 cm³/mol. The van der Waals surface area contributed by atoms with E-state index in [2.05, 4.69) is 31.0 Å². The van der Waals surface area contributed by atoms with Crippen molar-refractivity contribution in [1.29, 1.82) is 0 Å². The van der Waals surface area contributed by atoms with Crippen LogP contribution in [0, 0.1) is 0 Å². The van der Waals surface area contributed by atoms with E-state index >= 15 is 0 Å². The summed E-state index contributed by atoms with van der Waals surface area (Å²) in [5, 5.41) is 14.2. The second-order valence-electron chi connectivity index (χ2n) is 7.70. The molecule has 3 aromatic heterocycles. The SMILES string of the molecule is NC1CCC(NC(=O)c2c(Cl)ccn2NC(=O)Cn2cnc3c(NC(=O)O)ncnc32)CC1. The Bertz CT molecular complexity index is 1200. The summed E-state index contributed by atoms with van der Waals surface area (Å²) in [6.45, 7) is -0.197. The molecule has 0 radical (unpaired) electrons. The highest BCUT2D eigenvalue weighted by atomic mass is 35.5. The number of fused-ring (bicyclic) bond motifs is 1. The van der Waals surface area contributed by atoms with Crippen molar-refractivity contribution < 1.29 is 19.5 Å². The third-order valence-corrected chi connectivity index (χ3v) is 5.65. The molecule has 4 rings (SSSR count). The summed E-state index contributed by atoms with van der Waals surface area (Å²) in [6, 6.07) is 1.67. The molecule has 1 fully saturated rings. The molecule has 13 nitrogen and oxygen atoms in total. The van der Waals surface area contributed by atoms with Crippen molar-refractivity contribution in [3.63, 3.8) is 0 Å². The third-order valence-electron chi connectivity index (χ3n) is 5.34. The van der Waals surface area contributed by atoms with E-state index in [1.807, 2.05) is 0 Å². The summed E-state index contributed by atoms with van der Waals surface area (Å²) in [7, 11) is 0. The van der Waals surface area contributed by atoms with E-state index in [4.69, 9.17) is 22.4 Å². The van der Waals surface area contributed by atoms with Crippen molar-refractivity contribution in [2.75, 3.05) is 10.7 Å². The summed E-state index contributed by atoms with van der Waals surface area (Å²) >= 11 is 6.20. The number of imidazole rings is 1. The van der Waals surface area contributed by atoms with Gasteiger partial charge in [0.1, 0.15) is 18.6 Å². The first-order chi connectivity index (χ1) is 15.8. The lowest BCUT2D eigenvalue weighted by atomic mass is 9.92. The van der Waals surface area contributed by atoms with Crippen LogP contribution >= 0.6 is 11.6 Å². The summed E-state index contributed by atoms with van der Waals surface area (Å²) in [5.41, 5.74) is 9.11. The quantitative estimate of drug-likeness (QED) is 0.351.